The first kappa shape index (κ1) is 15.3. The molecule has 0 fully saturated rings. The van der Waals surface area contributed by atoms with Crippen LogP contribution in [0.1, 0.15) is 32.0 Å². The molecule has 1 atom stereocenters. The van der Waals surface area contributed by atoms with Crippen LogP contribution in [0.5, 0.6) is 17.2 Å². The van der Waals surface area contributed by atoms with E-state index in [-0.39, 0.29) is 6.04 Å². The second-order valence-electron chi connectivity index (χ2n) is 4.88. The van der Waals surface area contributed by atoms with Gasteiger partial charge in [-0.2, -0.15) is 0 Å². The smallest absolute Gasteiger partial charge is 0.145 e. The topological polar surface area (TPSA) is 43.4 Å². The van der Waals surface area contributed by atoms with E-state index in [1.54, 1.807) is 13.3 Å². The van der Waals surface area contributed by atoms with Crippen LogP contribution in [0, 0.1) is 0 Å². The molecule has 0 radical (unpaired) electrons. The Morgan fingerprint density at radius 1 is 1.14 bits per heavy atom. The predicted octanol–water partition coefficient (Wildman–Crippen LogP) is 3.94. The molecule has 1 aromatic carbocycles. The summed E-state index contributed by atoms with van der Waals surface area (Å²) in [5.41, 5.74) is 1.02. The lowest BCUT2D eigenvalue weighted by Crippen LogP contribution is -2.20. The van der Waals surface area contributed by atoms with E-state index in [1.807, 2.05) is 36.4 Å². The Morgan fingerprint density at radius 2 is 1.95 bits per heavy atom. The SMILES string of the molecule is CCCNC(C)c1ccc(Oc2cccc(OC)c2)cn1. The normalized spacial score (nSPS) is 12.0. The number of aromatic nitrogens is 1. The molecule has 1 aromatic heterocycles. The van der Waals surface area contributed by atoms with Crippen LogP contribution in [0.4, 0.5) is 0 Å². The van der Waals surface area contributed by atoms with Gasteiger partial charge in [0, 0.05) is 12.1 Å². The summed E-state index contributed by atoms with van der Waals surface area (Å²) in [5, 5.41) is 3.41. The molecular weight excluding hydrogens is 264 g/mol. The van der Waals surface area contributed by atoms with Gasteiger partial charge in [-0.15, -0.1) is 0 Å². The summed E-state index contributed by atoms with van der Waals surface area (Å²) in [6, 6.07) is 11.7. The zero-order valence-electron chi connectivity index (χ0n) is 12.8. The van der Waals surface area contributed by atoms with Gasteiger partial charge in [-0.3, -0.25) is 4.98 Å². The first-order valence-corrected chi connectivity index (χ1v) is 7.24. The van der Waals surface area contributed by atoms with Crippen molar-refractivity contribution in [2.24, 2.45) is 0 Å². The Morgan fingerprint density at radius 3 is 2.62 bits per heavy atom. The highest BCUT2D eigenvalue weighted by atomic mass is 16.5. The van der Waals surface area contributed by atoms with Crippen molar-refractivity contribution in [1.82, 2.24) is 10.3 Å². The lowest BCUT2D eigenvalue weighted by atomic mass is 10.2. The standard InChI is InChI=1S/C17H22N2O2/c1-4-10-18-13(2)17-9-8-16(12-19-17)21-15-7-5-6-14(11-15)20-3/h5-9,11-13,18H,4,10H2,1-3H3. The zero-order chi connectivity index (χ0) is 15.1. The molecule has 4 heteroatoms. The Hall–Kier alpha value is -2.07. The monoisotopic (exact) mass is 286 g/mol. The Kier molecular flexibility index (Phi) is 5.58. The summed E-state index contributed by atoms with van der Waals surface area (Å²) in [4.78, 5) is 4.45. The summed E-state index contributed by atoms with van der Waals surface area (Å²) in [6.07, 6.45) is 2.86. The quantitative estimate of drug-likeness (QED) is 0.837. The number of methoxy groups -OCH3 is 1. The molecule has 1 N–H and O–H groups in total. The predicted molar refractivity (Wildman–Crippen MR) is 84.0 cm³/mol. The van der Waals surface area contributed by atoms with Crippen molar-refractivity contribution in [3.05, 3.63) is 48.3 Å². The molecule has 1 heterocycles. The van der Waals surface area contributed by atoms with Gasteiger partial charge < -0.3 is 14.8 Å². The summed E-state index contributed by atoms with van der Waals surface area (Å²) in [5.74, 6) is 2.23. The number of nitrogens with zero attached hydrogens (tertiary/aromatic N) is 1. The van der Waals surface area contributed by atoms with E-state index >= 15 is 0 Å². The molecule has 2 aromatic rings. The van der Waals surface area contributed by atoms with Crippen molar-refractivity contribution in [3.8, 4) is 17.2 Å². The maximum atomic E-state index is 5.77. The van der Waals surface area contributed by atoms with Gasteiger partial charge in [0.15, 0.2) is 0 Å². The Balaban J connectivity index is 2.01. The van der Waals surface area contributed by atoms with E-state index in [2.05, 4.69) is 24.1 Å². The molecule has 2 rings (SSSR count). The summed E-state index contributed by atoms with van der Waals surface area (Å²) < 4.78 is 11.0. The molecule has 0 saturated heterocycles. The lowest BCUT2D eigenvalue weighted by Gasteiger charge is -2.13. The third kappa shape index (κ3) is 4.46. The Bertz CT molecular complexity index is 555. The number of pyridine rings is 1. The van der Waals surface area contributed by atoms with Crippen LogP contribution in [0.25, 0.3) is 0 Å². The van der Waals surface area contributed by atoms with Gasteiger partial charge in [0.2, 0.25) is 0 Å². The van der Waals surface area contributed by atoms with Crippen molar-refractivity contribution < 1.29 is 9.47 Å². The van der Waals surface area contributed by atoms with Crippen molar-refractivity contribution in [1.29, 1.82) is 0 Å². The van der Waals surface area contributed by atoms with Gasteiger partial charge >= 0.3 is 0 Å². The van der Waals surface area contributed by atoms with Gasteiger partial charge in [0.05, 0.1) is 19.0 Å². The molecule has 1 unspecified atom stereocenters. The van der Waals surface area contributed by atoms with Crippen LogP contribution >= 0.6 is 0 Å². The third-order valence-corrected chi connectivity index (χ3v) is 3.18. The van der Waals surface area contributed by atoms with E-state index in [0.29, 0.717) is 0 Å². The number of ether oxygens (including phenoxy) is 2. The van der Waals surface area contributed by atoms with Crippen LogP contribution in [-0.2, 0) is 0 Å². The highest BCUT2D eigenvalue weighted by Gasteiger charge is 2.06. The minimum Gasteiger partial charge on any atom is -0.497 e. The van der Waals surface area contributed by atoms with Gasteiger partial charge in [-0.1, -0.05) is 13.0 Å². The lowest BCUT2D eigenvalue weighted by molar-refractivity contribution is 0.409. The highest BCUT2D eigenvalue weighted by molar-refractivity contribution is 5.36. The minimum atomic E-state index is 0.246. The average molecular weight is 286 g/mol. The van der Waals surface area contributed by atoms with Crippen molar-refractivity contribution in [2.45, 2.75) is 26.3 Å². The van der Waals surface area contributed by atoms with Crippen molar-refractivity contribution in [3.63, 3.8) is 0 Å². The third-order valence-electron chi connectivity index (χ3n) is 3.18. The van der Waals surface area contributed by atoms with Crippen molar-refractivity contribution in [2.75, 3.05) is 13.7 Å². The van der Waals surface area contributed by atoms with E-state index in [1.165, 1.54) is 0 Å². The molecule has 0 amide bonds. The van der Waals surface area contributed by atoms with Gasteiger partial charge in [-0.05, 0) is 44.2 Å². The maximum absolute atomic E-state index is 5.77. The average Bonchev–Trinajstić information content (AvgIpc) is 2.53. The molecule has 0 aliphatic heterocycles. The van der Waals surface area contributed by atoms with E-state index < -0.39 is 0 Å². The fourth-order valence-electron chi connectivity index (χ4n) is 1.97. The van der Waals surface area contributed by atoms with Gasteiger partial charge in [0.1, 0.15) is 17.2 Å². The minimum absolute atomic E-state index is 0.246. The molecule has 0 spiro atoms. The molecule has 0 bridgehead atoms. The fourth-order valence-corrected chi connectivity index (χ4v) is 1.97. The number of hydrogen-bond donors (Lipinski definition) is 1. The van der Waals surface area contributed by atoms with Crippen molar-refractivity contribution >= 4 is 0 Å². The summed E-state index contributed by atoms with van der Waals surface area (Å²) >= 11 is 0. The van der Waals surface area contributed by atoms with Gasteiger partial charge in [-0.25, -0.2) is 0 Å². The van der Waals surface area contributed by atoms with Gasteiger partial charge in [0.25, 0.3) is 0 Å². The second-order valence-corrected chi connectivity index (χ2v) is 4.88. The molecule has 4 nitrogen and oxygen atoms in total. The molecule has 112 valence electrons. The largest absolute Gasteiger partial charge is 0.497 e. The van der Waals surface area contributed by atoms with Crippen LogP contribution < -0.4 is 14.8 Å². The zero-order valence-corrected chi connectivity index (χ0v) is 12.8. The number of rotatable bonds is 7. The second kappa shape index (κ2) is 7.64. The fraction of sp³-hybridized carbons (Fsp3) is 0.353. The summed E-state index contributed by atoms with van der Waals surface area (Å²) in [7, 11) is 1.64. The van der Waals surface area contributed by atoms with Crippen LogP contribution in [0.15, 0.2) is 42.6 Å². The number of benzene rings is 1. The number of hydrogen-bond acceptors (Lipinski definition) is 4. The van der Waals surface area contributed by atoms with E-state index in [9.17, 15) is 0 Å². The van der Waals surface area contributed by atoms with Crippen LogP contribution in [0.3, 0.4) is 0 Å². The van der Waals surface area contributed by atoms with E-state index in [4.69, 9.17) is 9.47 Å². The molecule has 0 aliphatic rings. The molecule has 21 heavy (non-hydrogen) atoms. The van der Waals surface area contributed by atoms with E-state index in [0.717, 1.165) is 35.9 Å². The Labute approximate surface area is 126 Å². The van der Waals surface area contributed by atoms with Crippen LogP contribution in [-0.4, -0.2) is 18.6 Å². The molecular formula is C17H22N2O2. The maximum Gasteiger partial charge on any atom is 0.145 e. The first-order chi connectivity index (χ1) is 10.2. The number of nitrogens with one attached hydrogen (secondary N) is 1. The highest BCUT2D eigenvalue weighted by Crippen LogP contribution is 2.25. The molecule has 0 saturated carbocycles. The van der Waals surface area contributed by atoms with Crippen LogP contribution in [0.2, 0.25) is 0 Å². The first-order valence-electron chi connectivity index (χ1n) is 7.24. The molecule has 0 aliphatic carbocycles. The summed E-state index contributed by atoms with van der Waals surface area (Å²) in [6.45, 7) is 5.25.